The molecule has 0 aromatic carbocycles. The standard InChI is InChI=1S/C11H24O/c1-6-7-8-11(12,9(2)3)10(4)5/h9-10,12H,6-8H2,1-5H3. The summed E-state index contributed by atoms with van der Waals surface area (Å²) in [5.41, 5.74) is -0.448. The van der Waals surface area contributed by atoms with Crippen molar-refractivity contribution in [1.82, 2.24) is 0 Å². The zero-order valence-corrected chi connectivity index (χ0v) is 9.22. The first-order chi connectivity index (χ1) is 5.45. The van der Waals surface area contributed by atoms with Gasteiger partial charge in [0.25, 0.3) is 0 Å². The molecule has 1 heteroatoms. The molecule has 0 bridgehead atoms. The minimum absolute atomic E-state index is 0.365. The van der Waals surface area contributed by atoms with Crippen molar-refractivity contribution in [1.29, 1.82) is 0 Å². The van der Waals surface area contributed by atoms with Crippen molar-refractivity contribution in [2.24, 2.45) is 11.8 Å². The van der Waals surface area contributed by atoms with Crippen molar-refractivity contribution in [3.05, 3.63) is 0 Å². The Morgan fingerprint density at radius 3 is 1.75 bits per heavy atom. The topological polar surface area (TPSA) is 20.2 Å². The van der Waals surface area contributed by atoms with Crippen molar-refractivity contribution in [3.63, 3.8) is 0 Å². The highest BCUT2D eigenvalue weighted by Crippen LogP contribution is 2.31. The SMILES string of the molecule is CCCCC(O)(C(C)C)C(C)C. The highest BCUT2D eigenvalue weighted by atomic mass is 16.3. The van der Waals surface area contributed by atoms with Gasteiger partial charge in [0.15, 0.2) is 0 Å². The Kier molecular flexibility index (Phi) is 4.84. The minimum atomic E-state index is -0.448. The summed E-state index contributed by atoms with van der Waals surface area (Å²) in [5.74, 6) is 0.730. The second kappa shape index (κ2) is 4.86. The molecule has 74 valence electrons. The van der Waals surface area contributed by atoms with Gasteiger partial charge in [0.1, 0.15) is 0 Å². The van der Waals surface area contributed by atoms with E-state index in [4.69, 9.17) is 0 Å². The summed E-state index contributed by atoms with van der Waals surface area (Å²) >= 11 is 0. The number of rotatable bonds is 5. The van der Waals surface area contributed by atoms with E-state index in [0.717, 1.165) is 12.8 Å². The predicted octanol–water partition coefficient (Wildman–Crippen LogP) is 3.22. The van der Waals surface area contributed by atoms with Crippen LogP contribution in [-0.4, -0.2) is 10.7 Å². The van der Waals surface area contributed by atoms with E-state index in [2.05, 4.69) is 34.6 Å². The fraction of sp³-hybridized carbons (Fsp3) is 1.00. The molecule has 1 nitrogen and oxygen atoms in total. The van der Waals surface area contributed by atoms with E-state index in [-0.39, 0.29) is 0 Å². The molecule has 0 aliphatic carbocycles. The first kappa shape index (κ1) is 12.0. The Bertz CT molecular complexity index is 108. The molecule has 0 unspecified atom stereocenters. The van der Waals surface area contributed by atoms with E-state index in [1.807, 2.05) is 0 Å². The van der Waals surface area contributed by atoms with Crippen molar-refractivity contribution >= 4 is 0 Å². The first-order valence-electron chi connectivity index (χ1n) is 5.17. The summed E-state index contributed by atoms with van der Waals surface area (Å²) in [6.45, 7) is 10.6. The third kappa shape index (κ3) is 2.78. The van der Waals surface area contributed by atoms with Crippen LogP contribution in [0.5, 0.6) is 0 Å². The smallest absolute Gasteiger partial charge is 0.0693 e. The maximum absolute atomic E-state index is 10.3. The van der Waals surface area contributed by atoms with E-state index in [0.29, 0.717) is 11.8 Å². The molecule has 1 N–H and O–H groups in total. The lowest BCUT2D eigenvalue weighted by Gasteiger charge is -2.36. The monoisotopic (exact) mass is 172 g/mol. The molecular formula is C11H24O. The lowest BCUT2D eigenvalue weighted by atomic mass is 9.77. The number of unbranched alkanes of at least 4 members (excludes halogenated alkanes) is 1. The molecule has 0 aliphatic heterocycles. The van der Waals surface area contributed by atoms with Gasteiger partial charge in [-0.1, -0.05) is 47.5 Å². The van der Waals surface area contributed by atoms with Gasteiger partial charge in [0.05, 0.1) is 5.60 Å². The van der Waals surface area contributed by atoms with E-state index in [9.17, 15) is 5.11 Å². The van der Waals surface area contributed by atoms with E-state index in [1.54, 1.807) is 0 Å². The third-order valence-corrected chi connectivity index (χ3v) is 2.93. The molecule has 0 aromatic heterocycles. The van der Waals surface area contributed by atoms with Crippen LogP contribution in [0.25, 0.3) is 0 Å². The van der Waals surface area contributed by atoms with Crippen LogP contribution in [0.1, 0.15) is 53.9 Å². The molecule has 0 spiro atoms. The third-order valence-electron chi connectivity index (χ3n) is 2.93. The normalized spacial score (nSPS) is 13.0. The summed E-state index contributed by atoms with van der Waals surface area (Å²) in [6, 6.07) is 0. The van der Waals surface area contributed by atoms with Crippen LogP contribution < -0.4 is 0 Å². The van der Waals surface area contributed by atoms with E-state index >= 15 is 0 Å². The summed E-state index contributed by atoms with van der Waals surface area (Å²) in [6.07, 6.45) is 3.24. The molecule has 0 atom stereocenters. The number of aliphatic hydroxyl groups is 1. The van der Waals surface area contributed by atoms with Gasteiger partial charge < -0.3 is 5.11 Å². The highest BCUT2D eigenvalue weighted by Gasteiger charge is 2.33. The quantitative estimate of drug-likeness (QED) is 0.675. The van der Waals surface area contributed by atoms with Gasteiger partial charge in [-0.05, 0) is 18.3 Å². The maximum atomic E-state index is 10.3. The van der Waals surface area contributed by atoms with Gasteiger partial charge in [-0.3, -0.25) is 0 Å². The summed E-state index contributed by atoms with van der Waals surface area (Å²) in [4.78, 5) is 0. The molecule has 0 amide bonds. The largest absolute Gasteiger partial charge is 0.389 e. The zero-order chi connectivity index (χ0) is 9.78. The molecule has 0 radical (unpaired) electrons. The Morgan fingerprint density at radius 1 is 1.08 bits per heavy atom. The van der Waals surface area contributed by atoms with Crippen LogP contribution in [-0.2, 0) is 0 Å². The molecule has 0 saturated heterocycles. The maximum Gasteiger partial charge on any atom is 0.0693 e. The molecule has 0 rings (SSSR count). The van der Waals surface area contributed by atoms with E-state index in [1.165, 1.54) is 6.42 Å². The first-order valence-corrected chi connectivity index (χ1v) is 5.17. The van der Waals surface area contributed by atoms with Gasteiger partial charge in [-0.25, -0.2) is 0 Å². The molecule has 0 saturated carbocycles. The van der Waals surface area contributed by atoms with Crippen LogP contribution in [0.4, 0.5) is 0 Å². The lowest BCUT2D eigenvalue weighted by Crippen LogP contribution is -2.40. The van der Waals surface area contributed by atoms with Crippen molar-refractivity contribution in [2.45, 2.75) is 59.5 Å². The molecule has 12 heavy (non-hydrogen) atoms. The molecule has 0 aromatic rings. The lowest BCUT2D eigenvalue weighted by molar-refractivity contribution is -0.0552. The van der Waals surface area contributed by atoms with Gasteiger partial charge in [0.2, 0.25) is 0 Å². The molecular weight excluding hydrogens is 148 g/mol. The summed E-state index contributed by atoms with van der Waals surface area (Å²) in [5, 5.41) is 10.3. The van der Waals surface area contributed by atoms with Gasteiger partial charge >= 0.3 is 0 Å². The van der Waals surface area contributed by atoms with Crippen LogP contribution in [0.3, 0.4) is 0 Å². The summed E-state index contributed by atoms with van der Waals surface area (Å²) < 4.78 is 0. The van der Waals surface area contributed by atoms with Crippen LogP contribution in [0.2, 0.25) is 0 Å². The Hall–Kier alpha value is -0.0400. The highest BCUT2D eigenvalue weighted by molar-refractivity contribution is 4.84. The zero-order valence-electron chi connectivity index (χ0n) is 9.22. The van der Waals surface area contributed by atoms with E-state index < -0.39 is 5.60 Å². The number of hydrogen-bond donors (Lipinski definition) is 1. The Morgan fingerprint density at radius 2 is 1.50 bits per heavy atom. The Labute approximate surface area is 77.2 Å². The number of hydrogen-bond acceptors (Lipinski definition) is 1. The van der Waals surface area contributed by atoms with Gasteiger partial charge in [-0.2, -0.15) is 0 Å². The van der Waals surface area contributed by atoms with Crippen molar-refractivity contribution in [2.75, 3.05) is 0 Å². The Balaban J connectivity index is 4.19. The van der Waals surface area contributed by atoms with Gasteiger partial charge in [-0.15, -0.1) is 0 Å². The summed E-state index contributed by atoms with van der Waals surface area (Å²) in [7, 11) is 0. The molecule has 0 fully saturated rings. The average Bonchev–Trinajstić information content (AvgIpc) is 1.99. The second-order valence-corrected chi connectivity index (χ2v) is 4.40. The van der Waals surface area contributed by atoms with Crippen LogP contribution in [0.15, 0.2) is 0 Å². The average molecular weight is 172 g/mol. The fourth-order valence-corrected chi connectivity index (χ4v) is 1.70. The van der Waals surface area contributed by atoms with Crippen LogP contribution in [0, 0.1) is 11.8 Å². The second-order valence-electron chi connectivity index (χ2n) is 4.40. The van der Waals surface area contributed by atoms with Gasteiger partial charge in [0, 0.05) is 0 Å². The van der Waals surface area contributed by atoms with Crippen molar-refractivity contribution in [3.8, 4) is 0 Å². The minimum Gasteiger partial charge on any atom is -0.389 e. The van der Waals surface area contributed by atoms with Crippen LogP contribution >= 0.6 is 0 Å². The predicted molar refractivity (Wildman–Crippen MR) is 54.2 cm³/mol. The molecule has 0 heterocycles. The van der Waals surface area contributed by atoms with Crippen molar-refractivity contribution < 1.29 is 5.11 Å². The fourth-order valence-electron chi connectivity index (χ4n) is 1.70. The molecule has 0 aliphatic rings.